The highest BCUT2D eigenvalue weighted by Crippen LogP contribution is 2.36. The van der Waals surface area contributed by atoms with Crippen molar-refractivity contribution in [3.05, 3.63) is 76.0 Å². The molecule has 0 N–H and O–H groups in total. The third-order valence-electron chi connectivity index (χ3n) is 4.91. The third kappa shape index (κ3) is 2.61. The summed E-state index contributed by atoms with van der Waals surface area (Å²) >= 11 is 0. The number of nitrogens with zero attached hydrogens (tertiary/aromatic N) is 1. The molecule has 2 aromatic rings. The lowest BCUT2D eigenvalue weighted by Gasteiger charge is -2.33. The number of hydrogen-bond acceptors (Lipinski definition) is 2. The average molecular weight is 303 g/mol. The maximum atomic E-state index is 5.40. The van der Waals surface area contributed by atoms with Crippen LogP contribution in [0.1, 0.15) is 33.7 Å². The predicted octanol–water partition coefficient (Wildman–Crippen LogP) is 4.00. The lowest BCUT2D eigenvalue weighted by molar-refractivity contribution is 0.294. The minimum Gasteiger partial charge on any atom is -0.497 e. The van der Waals surface area contributed by atoms with Crippen molar-refractivity contribution < 1.29 is 4.74 Å². The van der Waals surface area contributed by atoms with Gasteiger partial charge >= 0.3 is 0 Å². The fraction of sp³-hybridized carbons (Fsp3) is 0.286. The molecule has 0 saturated carbocycles. The number of likely N-dealkylation sites (N-methyl/N-ethyl adjacent to an activating group) is 1. The molecule has 0 saturated heterocycles. The van der Waals surface area contributed by atoms with Crippen molar-refractivity contribution >= 4 is 6.08 Å². The second-order valence-electron chi connectivity index (χ2n) is 6.49. The molecule has 0 radical (unpaired) electrons. The van der Waals surface area contributed by atoms with E-state index in [2.05, 4.69) is 66.2 Å². The topological polar surface area (TPSA) is 12.5 Å². The Morgan fingerprint density at radius 3 is 2.91 bits per heavy atom. The lowest BCUT2D eigenvalue weighted by Crippen LogP contribution is -2.31. The zero-order valence-corrected chi connectivity index (χ0v) is 13.7. The van der Waals surface area contributed by atoms with Crippen molar-refractivity contribution in [3.63, 3.8) is 0 Å². The molecule has 1 atom stereocenters. The molecule has 2 aromatic carbocycles. The van der Waals surface area contributed by atoms with Gasteiger partial charge < -0.3 is 9.64 Å². The van der Waals surface area contributed by atoms with E-state index in [1.165, 1.54) is 27.8 Å². The van der Waals surface area contributed by atoms with Gasteiger partial charge in [-0.25, -0.2) is 0 Å². The molecule has 0 bridgehead atoms. The second-order valence-corrected chi connectivity index (χ2v) is 6.49. The minimum atomic E-state index is 0.426. The zero-order chi connectivity index (χ0) is 15.8. The summed E-state index contributed by atoms with van der Waals surface area (Å²) < 4.78 is 5.40. The molecule has 2 nitrogen and oxygen atoms in total. The summed E-state index contributed by atoms with van der Waals surface area (Å²) in [7, 11) is 3.93. The highest BCUT2D eigenvalue weighted by atomic mass is 16.5. The summed E-state index contributed by atoms with van der Waals surface area (Å²) in [6, 6.07) is 13.4. The smallest absolute Gasteiger partial charge is 0.119 e. The molecule has 2 aliphatic rings. The summed E-state index contributed by atoms with van der Waals surface area (Å²) in [6.45, 7) is 2.04. The SMILES string of the molecule is COc1ccc2c(c1)CN(C)C[C@H]2c1ccc2c(c1)CC=C=C2. The van der Waals surface area contributed by atoms with Gasteiger partial charge in [-0.15, -0.1) is 5.73 Å². The Morgan fingerprint density at radius 2 is 2.04 bits per heavy atom. The first kappa shape index (κ1) is 14.3. The maximum Gasteiger partial charge on any atom is 0.119 e. The van der Waals surface area contributed by atoms with Crippen LogP contribution in [0.4, 0.5) is 0 Å². The Balaban J connectivity index is 1.77. The van der Waals surface area contributed by atoms with Crippen LogP contribution in [0.25, 0.3) is 6.08 Å². The van der Waals surface area contributed by atoms with E-state index in [0.29, 0.717) is 5.92 Å². The van der Waals surface area contributed by atoms with E-state index in [1.54, 1.807) is 7.11 Å². The fourth-order valence-corrected chi connectivity index (χ4v) is 3.71. The molecule has 0 spiro atoms. The van der Waals surface area contributed by atoms with Gasteiger partial charge in [0.25, 0.3) is 0 Å². The number of benzene rings is 2. The van der Waals surface area contributed by atoms with Crippen molar-refractivity contribution in [2.45, 2.75) is 18.9 Å². The Labute approximate surface area is 137 Å². The van der Waals surface area contributed by atoms with Crippen molar-refractivity contribution in [1.29, 1.82) is 0 Å². The largest absolute Gasteiger partial charge is 0.497 e. The van der Waals surface area contributed by atoms with Crippen molar-refractivity contribution in [2.75, 3.05) is 20.7 Å². The average Bonchev–Trinajstić information content (AvgIpc) is 2.60. The van der Waals surface area contributed by atoms with E-state index in [1.807, 2.05) is 0 Å². The first-order valence-electron chi connectivity index (χ1n) is 8.14. The molecule has 23 heavy (non-hydrogen) atoms. The summed E-state index contributed by atoms with van der Waals surface area (Å²) in [5.74, 6) is 1.37. The molecule has 1 heterocycles. The first-order valence-corrected chi connectivity index (χ1v) is 8.14. The number of rotatable bonds is 2. The number of hydrogen-bond donors (Lipinski definition) is 0. The predicted molar refractivity (Wildman–Crippen MR) is 93.9 cm³/mol. The normalized spacial score (nSPS) is 19.3. The van der Waals surface area contributed by atoms with Gasteiger partial charge in [0.15, 0.2) is 0 Å². The van der Waals surface area contributed by atoms with E-state index in [4.69, 9.17) is 4.74 Å². The Hall–Kier alpha value is -2.28. The van der Waals surface area contributed by atoms with Crippen LogP contribution in [0.5, 0.6) is 5.75 Å². The van der Waals surface area contributed by atoms with Gasteiger partial charge in [0.1, 0.15) is 5.75 Å². The summed E-state index contributed by atoms with van der Waals surface area (Å²) in [5.41, 5.74) is 10.1. The van der Waals surface area contributed by atoms with Gasteiger partial charge in [0, 0.05) is 19.0 Å². The Kier molecular flexibility index (Phi) is 3.57. The van der Waals surface area contributed by atoms with Crippen LogP contribution >= 0.6 is 0 Å². The number of allylic oxidation sites excluding steroid dienone is 1. The molecule has 4 rings (SSSR count). The summed E-state index contributed by atoms with van der Waals surface area (Å²) in [6.07, 6.45) is 5.17. The van der Waals surface area contributed by atoms with Gasteiger partial charge in [-0.1, -0.05) is 24.3 Å². The molecular formula is C21H21NO. The van der Waals surface area contributed by atoms with Crippen LogP contribution in [0.2, 0.25) is 0 Å². The fourth-order valence-electron chi connectivity index (χ4n) is 3.71. The molecule has 1 aliphatic heterocycles. The van der Waals surface area contributed by atoms with Crippen molar-refractivity contribution in [3.8, 4) is 5.75 Å². The highest BCUT2D eigenvalue weighted by molar-refractivity contribution is 5.58. The van der Waals surface area contributed by atoms with Crippen molar-refractivity contribution in [1.82, 2.24) is 4.90 Å². The van der Waals surface area contributed by atoms with Crippen LogP contribution in [-0.4, -0.2) is 25.6 Å². The van der Waals surface area contributed by atoms with Gasteiger partial charge in [-0.2, -0.15) is 0 Å². The second kappa shape index (κ2) is 5.73. The number of fused-ring (bicyclic) bond motifs is 2. The van der Waals surface area contributed by atoms with Gasteiger partial charge in [-0.3, -0.25) is 0 Å². The molecule has 0 amide bonds. The van der Waals surface area contributed by atoms with E-state index < -0.39 is 0 Å². The lowest BCUT2D eigenvalue weighted by atomic mass is 9.83. The Morgan fingerprint density at radius 1 is 1.13 bits per heavy atom. The van der Waals surface area contributed by atoms with E-state index in [9.17, 15) is 0 Å². The molecule has 2 heteroatoms. The minimum absolute atomic E-state index is 0.426. The number of ether oxygens (including phenoxy) is 1. The standard InChI is InChI=1S/C21H21NO/c1-22-13-18-12-19(23-2)9-10-20(18)21(14-22)17-8-7-15-5-3-4-6-16(15)11-17/h4-5,7-12,21H,6,13-14H2,1-2H3/t21-/m0/s1. The van der Waals surface area contributed by atoms with E-state index in [-0.39, 0.29) is 0 Å². The van der Waals surface area contributed by atoms with Crippen LogP contribution in [0.15, 0.2) is 48.2 Å². The maximum absolute atomic E-state index is 5.40. The molecule has 0 unspecified atom stereocenters. The Bertz CT molecular complexity index is 815. The van der Waals surface area contributed by atoms with Crippen molar-refractivity contribution in [2.24, 2.45) is 0 Å². The molecule has 0 fully saturated rings. The summed E-state index contributed by atoms with van der Waals surface area (Å²) in [5, 5.41) is 0. The quantitative estimate of drug-likeness (QED) is 0.778. The van der Waals surface area contributed by atoms with E-state index >= 15 is 0 Å². The summed E-state index contributed by atoms with van der Waals surface area (Å²) in [4.78, 5) is 2.39. The van der Waals surface area contributed by atoms with Crippen LogP contribution < -0.4 is 4.74 Å². The zero-order valence-electron chi connectivity index (χ0n) is 13.7. The molecular weight excluding hydrogens is 282 g/mol. The van der Waals surface area contributed by atoms with Gasteiger partial charge in [-0.05, 0) is 65.6 Å². The van der Waals surface area contributed by atoms with Crippen LogP contribution in [0.3, 0.4) is 0 Å². The highest BCUT2D eigenvalue weighted by Gasteiger charge is 2.25. The molecule has 116 valence electrons. The molecule has 1 aliphatic carbocycles. The van der Waals surface area contributed by atoms with Gasteiger partial charge in [0.2, 0.25) is 0 Å². The first-order chi connectivity index (χ1) is 11.2. The number of methoxy groups -OCH3 is 1. The molecule has 0 aromatic heterocycles. The third-order valence-corrected chi connectivity index (χ3v) is 4.91. The van der Waals surface area contributed by atoms with Gasteiger partial charge in [0.05, 0.1) is 7.11 Å². The van der Waals surface area contributed by atoms with E-state index in [0.717, 1.165) is 25.3 Å². The monoisotopic (exact) mass is 303 g/mol. The van der Waals surface area contributed by atoms with Crippen LogP contribution in [0, 0.1) is 0 Å². The van der Waals surface area contributed by atoms with Crippen LogP contribution in [-0.2, 0) is 13.0 Å².